The average Bonchev–Trinajstić information content (AvgIpc) is 3.17. The van der Waals surface area contributed by atoms with Crippen LogP contribution in [0.2, 0.25) is 0 Å². The molecule has 0 bridgehead atoms. The highest BCUT2D eigenvalue weighted by molar-refractivity contribution is 7.91. The second-order valence-corrected chi connectivity index (χ2v) is 18.2. The highest BCUT2D eigenvalue weighted by Crippen LogP contribution is 2.54. The summed E-state index contributed by atoms with van der Waals surface area (Å²) in [4.78, 5) is 63.1. The van der Waals surface area contributed by atoms with E-state index in [1.54, 1.807) is 36.4 Å². The van der Waals surface area contributed by atoms with Crippen molar-refractivity contribution in [1.29, 1.82) is 0 Å². The second kappa shape index (κ2) is 26.0. The first-order valence-corrected chi connectivity index (χ1v) is 22.9. The van der Waals surface area contributed by atoms with Crippen LogP contribution in [0.4, 0.5) is 4.79 Å². The number of ether oxygens (including phenoxy) is 1. The lowest BCUT2D eigenvalue weighted by atomic mass is 10.1. The van der Waals surface area contributed by atoms with Crippen molar-refractivity contribution < 1.29 is 56.4 Å². The van der Waals surface area contributed by atoms with Crippen LogP contribution >= 0.6 is 54.1 Å². The highest BCUT2D eigenvalue weighted by Gasteiger charge is 2.39. The minimum atomic E-state index is -4.38. The van der Waals surface area contributed by atoms with Gasteiger partial charge in [0.05, 0.1) is 18.1 Å². The van der Waals surface area contributed by atoms with Crippen LogP contribution in [-0.2, 0) is 49.4 Å². The van der Waals surface area contributed by atoms with E-state index in [1.807, 2.05) is 0 Å². The SMILES string of the molecule is O=C(CC[C@H](NC(=O)OCc1ccccc1)C(=O)O)N[C@@H](CS(=O)(=O)CCOP(=O)(N(CCCl)CCCl)N(CCCl)CCCl)C(=O)N[C@@H](C(=O)O)c1ccccc1. The Bertz CT molecular complexity index is 1720. The van der Waals surface area contributed by atoms with E-state index in [2.05, 4.69) is 16.0 Å². The zero-order valence-electron chi connectivity index (χ0n) is 30.6. The number of alkyl halides is 4. The number of carboxylic acids is 2. The van der Waals surface area contributed by atoms with Gasteiger partial charge in [-0.1, -0.05) is 60.7 Å². The smallest absolute Gasteiger partial charge is 0.408 e. The van der Waals surface area contributed by atoms with Gasteiger partial charge in [0.25, 0.3) is 0 Å². The van der Waals surface area contributed by atoms with Crippen molar-refractivity contribution in [2.75, 3.05) is 67.8 Å². The van der Waals surface area contributed by atoms with E-state index in [9.17, 15) is 47.2 Å². The molecule has 0 heterocycles. The van der Waals surface area contributed by atoms with Gasteiger partial charge in [-0.2, -0.15) is 0 Å². The van der Waals surface area contributed by atoms with Gasteiger partial charge in [-0.25, -0.2) is 32.1 Å². The molecule has 318 valence electrons. The van der Waals surface area contributed by atoms with E-state index >= 15 is 0 Å². The zero-order chi connectivity index (χ0) is 42.4. The van der Waals surface area contributed by atoms with Crippen molar-refractivity contribution in [3.8, 4) is 0 Å². The fourth-order valence-corrected chi connectivity index (χ4v) is 10.2. The zero-order valence-corrected chi connectivity index (χ0v) is 35.4. The van der Waals surface area contributed by atoms with E-state index in [0.717, 1.165) is 0 Å². The maximum atomic E-state index is 14.3. The standard InChI is InChI=1S/C34H46Cl4N5O12PS/c35-13-17-42(18-14-36)56(51,43(19-15-37)20-16-38)55-21-22-57(52,53)24-28(31(45)41-30(33(48)49)26-9-5-2-6-10-26)39-29(44)12-11-27(32(46)47)40-34(50)54-23-25-7-3-1-4-8-25/h1-10,27-28,30H,11-24H2,(H,39,44)(H,40,50)(H,41,45)(H,46,47)(H,48,49)/t27-,28-,30+/m0/s1. The molecule has 2 rings (SSSR count). The molecule has 23 heteroatoms. The first kappa shape index (κ1) is 50.0. The Morgan fingerprint density at radius 2 is 1.26 bits per heavy atom. The third-order valence-corrected chi connectivity index (χ3v) is 13.0. The van der Waals surface area contributed by atoms with Gasteiger partial charge >= 0.3 is 25.7 Å². The van der Waals surface area contributed by atoms with Gasteiger partial charge < -0.3 is 35.4 Å². The molecule has 0 aliphatic heterocycles. The third kappa shape index (κ3) is 17.7. The number of aliphatic carboxylic acids is 2. The number of nitrogens with one attached hydrogen (secondary N) is 3. The number of halogens is 4. The normalized spacial score (nSPS) is 13.4. The molecule has 17 nitrogen and oxygen atoms in total. The van der Waals surface area contributed by atoms with Crippen LogP contribution in [0.3, 0.4) is 0 Å². The molecule has 0 fully saturated rings. The fourth-order valence-electron chi connectivity index (χ4n) is 5.15. The van der Waals surface area contributed by atoms with Gasteiger partial charge in [0, 0.05) is 56.1 Å². The van der Waals surface area contributed by atoms with Crippen LogP contribution in [0.5, 0.6) is 0 Å². The summed E-state index contributed by atoms with van der Waals surface area (Å²) < 4.78 is 54.9. The van der Waals surface area contributed by atoms with Gasteiger partial charge in [0.1, 0.15) is 18.7 Å². The number of rotatable bonds is 28. The number of hydrogen-bond acceptors (Lipinski definition) is 10. The molecule has 0 saturated heterocycles. The van der Waals surface area contributed by atoms with Crippen LogP contribution in [0.15, 0.2) is 60.7 Å². The molecular formula is C34H46Cl4N5O12PS. The van der Waals surface area contributed by atoms with Crippen LogP contribution in [-0.4, -0.2) is 138 Å². The molecule has 0 radical (unpaired) electrons. The van der Waals surface area contributed by atoms with E-state index in [1.165, 1.54) is 33.6 Å². The number of benzene rings is 2. The Morgan fingerprint density at radius 1 is 0.737 bits per heavy atom. The van der Waals surface area contributed by atoms with Gasteiger partial charge in [0.15, 0.2) is 15.9 Å². The first-order valence-electron chi connectivity index (χ1n) is 17.4. The lowest BCUT2D eigenvalue weighted by molar-refractivity contribution is -0.142. The fraction of sp³-hybridized carbons (Fsp3) is 0.500. The van der Waals surface area contributed by atoms with E-state index in [0.29, 0.717) is 5.56 Å². The summed E-state index contributed by atoms with van der Waals surface area (Å²) in [7, 11) is -8.41. The minimum absolute atomic E-state index is 0.0244. The Balaban J connectivity index is 2.27. The Hall–Kier alpha value is -3.19. The summed E-state index contributed by atoms with van der Waals surface area (Å²) in [6.07, 6.45) is -2.21. The number of carbonyl (C=O) groups is 5. The van der Waals surface area contributed by atoms with E-state index in [-0.39, 0.29) is 61.9 Å². The molecule has 0 aliphatic rings. The molecule has 2 aromatic rings. The van der Waals surface area contributed by atoms with Crippen molar-refractivity contribution in [3.05, 3.63) is 71.8 Å². The molecule has 3 atom stereocenters. The number of amides is 3. The number of carboxylic acid groups (broad SMARTS) is 2. The van der Waals surface area contributed by atoms with Gasteiger partial charge in [-0.15, -0.1) is 46.4 Å². The summed E-state index contributed by atoms with van der Waals surface area (Å²) in [6, 6.07) is 10.9. The molecule has 0 saturated carbocycles. The van der Waals surface area contributed by atoms with Crippen LogP contribution in [0.25, 0.3) is 0 Å². The van der Waals surface area contributed by atoms with Gasteiger partial charge in [-0.3, -0.25) is 14.2 Å². The molecular weight excluding hydrogens is 875 g/mol. The Labute approximate surface area is 351 Å². The largest absolute Gasteiger partial charge is 0.480 e. The van der Waals surface area contributed by atoms with Crippen molar-refractivity contribution in [2.45, 2.75) is 37.6 Å². The molecule has 0 spiro atoms. The first-order chi connectivity index (χ1) is 27.1. The lowest BCUT2D eigenvalue weighted by Gasteiger charge is -2.37. The molecule has 0 unspecified atom stereocenters. The number of sulfone groups is 1. The van der Waals surface area contributed by atoms with Crippen LogP contribution < -0.4 is 16.0 Å². The molecule has 5 N–H and O–H groups in total. The number of carbonyl (C=O) groups excluding carboxylic acids is 3. The summed E-state index contributed by atoms with van der Waals surface area (Å²) in [5.41, 5.74) is 0.775. The Kier molecular flexibility index (Phi) is 22.8. The molecule has 0 aromatic heterocycles. The maximum Gasteiger partial charge on any atom is 0.408 e. The summed E-state index contributed by atoms with van der Waals surface area (Å²) in [5.74, 6) is -6.99. The monoisotopic (exact) mass is 919 g/mol. The molecule has 57 heavy (non-hydrogen) atoms. The van der Waals surface area contributed by atoms with E-state index < -0.39 is 96.4 Å². The summed E-state index contributed by atoms with van der Waals surface area (Å²) in [5, 5.41) is 26.2. The average molecular weight is 922 g/mol. The Morgan fingerprint density at radius 3 is 1.75 bits per heavy atom. The number of nitrogens with zero attached hydrogens (tertiary/aromatic N) is 2. The predicted octanol–water partition coefficient (Wildman–Crippen LogP) is 3.67. The number of hydrogen-bond donors (Lipinski definition) is 5. The summed E-state index contributed by atoms with van der Waals surface area (Å²) >= 11 is 23.8. The molecule has 2 aromatic carbocycles. The van der Waals surface area contributed by atoms with Gasteiger partial charge in [0.2, 0.25) is 11.8 Å². The lowest BCUT2D eigenvalue weighted by Crippen LogP contribution is -2.52. The molecule has 3 amide bonds. The van der Waals surface area contributed by atoms with Gasteiger partial charge in [-0.05, 0) is 17.5 Å². The van der Waals surface area contributed by atoms with Crippen molar-refractivity contribution in [1.82, 2.24) is 25.3 Å². The number of alkyl carbamates (subject to hydrolysis) is 1. The highest BCUT2D eigenvalue weighted by atomic mass is 35.5. The summed E-state index contributed by atoms with van der Waals surface area (Å²) in [6.45, 7) is -0.635. The van der Waals surface area contributed by atoms with Crippen LogP contribution in [0.1, 0.15) is 30.0 Å². The quantitative estimate of drug-likeness (QED) is 0.0605. The van der Waals surface area contributed by atoms with Crippen molar-refractivity contribution in [2.24, 2.45) is 0 Å². The third-order valence-electron chi connectivity index (χ3n) is 7.94. The van der Waals surface area contributed by atoms with Crippen LogP contribution in [0, 0.1) is 0 Å². The predicted molar refractivity (Wildman–Crippen MR) is 216 cm³/mol. The topological polar surface area (TPSA) is 238 Å². The maximum absolute atomic E-state index is 14.3. The van der Waals surface area contributed by atoms with Crippen molar-refractivity contribution >= 4 is 93.8 Å². The van der Waals surface area contributed by atoms with Crippen molar-refractivity contribution in [3.63, 3.8) is 0 Å². The second-order valence-electron chi connectivity index (χ2n) is 12.0. The minimum Gasteiger partial charge on any atom is -0.480 e. The molecule has 0 aliphatic carbocycles. The van der Waals surface area contributed by atoms with E-state index in [4.69, 9.17) is 55.7 Å².